The van der Waals surface area contributed by atoms with Gasteiger partial charge in [0.15, 0.2) is 0 Å². The summed E-state index contributed by atoms with van der Waals surface area (Å²) in [5.41, 5.74) is 3.67. The average Bonchev–Trinajstić information content (AvgIpc) is 2.68. The number of hydrogen-bond donors (Lipinski definition) is 1. The second kappa shape index (κ2) is 7.85. The third kappa shape index (κ3) is 3.76. The molecule has 1 N–H and O–H groups in total. The summed E-state index contributed by atoms with van der Waals surface area (Å²) in [6, 6.07) is 23.3. The summed E-state index contributed by atoms with van der Waals surface area (Å²) in [5.74, 6) is -0.938. The average molecular weight is 360 g/mol. The van der Waals surface area contributed by atoms with Crippen molar-refractivity contribution in [2.45, 2.75) is 17.2 Å². The number of nitriles is 1. The van der Waals surface area contributed by atoms with E-state index in [1.165, 1.54) is 0 Å². The number of nitrogens with zero attached hydrogens (tertiary/aromatic N) is 2. The van der Waals surface area contributed by atoms with Gasteiger partial charge in [0.2, 0.25) is 0 Å². The van der Waals surface area contributed by atoms with Gasteiger partial charge in [0.05, 0.1) is 11.3 Å². The van der Waals surface area contributed by atoms with Crippen molar-refractivity contribution >= 4 is 17.7 Å². The quantitative estimate of drug-likeness (QED) is 0.658. The van der Waals surface area contributed by atoms with E-state index in [2.05, 4.69) is 11.1 Å². The van der Waals surface area contributed by atoms with Crippen LogP contribution < -0.4 is 0 Å². The van der Waals surface area contributed by atoms with Crippen LogP contribution in [0.4, 0.5) is 0 Å². The Morgan fingerprint density at radius 2 is 1.65 bits per heavy atom. The molecule has 0 bridgehead atoms. The van der Waals surface area contributed by atoms with Gasteiger partial charge in [0.1, 0.15) is 16.3 Å². The zero-order valence-electron chi connectivity index (χ0n) is 14.1. The first-order valence-corrected chi connectivity index (χ1v) is 8.93. The lowest BCUT2D eigenvalue weighted by Gasteiger charge is -2.14. The maximum absolute atomic E-state index is 11.3. The van der Waals surface area contributed by atoms with E-state index in [9.17, 15) is 15.2 Å². The highest BCUT2D eigenvalue weighted by Gasteiger charge is 2.20. The molecule has 1 atom stereocenters. The van der Waals surface area contributed by atoms with Gasteiger partial charge in [-0.1, -0.05) is 72.4 Å². The van der Waals surface area contributed by atoms with E-state index in [0.29, 0.717) is 16.3 Å². The van der Waals surface area contributed by atoms with Crippen LogP contribution in [0, 0.1) is 11.3 Å². The first-order chi connectivity index (χ1) is 12.6. The summed E-state index contributed by atoms with van der Waals surface area (Å²) < 4.78 is 0. The summed E-state index contributed by atoms with van der Waals surface area (Å²) in [4.78, 5) is 15.9. The summed E-state index contributed by atoms with van der Waals surface area (Å²) >= 11 is 1.09. The summed E-state index contributed by atoms with van der Waals surface area (Å²) in [5, 5.41) is 18.7. The van der Waals surface area contributed by atoms with E-state index >= 15 is 0 Å². The molecule has 5 heteroatoms. The zero-order chi connectivity index (χ0) is 18.5. The largest absolute Gasteiger partial charge is 0.480 e. The van der Waals surface area contributed by atoms with Gasteiger partial charge in [0.25, 0.3) is 0 Å². The summed E-state index contributed by atoms with van der Waals surface area (Å²) in [6.45, 7) is 1.59. The lowest BCUT2D eigenvalue weighted by Crippen LogP contribution is -2.12. The molecule has 0 amide bonds. The number of aromatic nitrogens is 1. The zero-order valence-corrected chi connectivity index (χ0v) is 14.9. The van der Waals surface area contributed by atoms with Crippen molar-refractivity contribution in [3.63, 3.8) is 0 Å². The molecule has 0 saturated heterocycles. The van der Waals surface area contributed by atoms with Crippen molar-refractivity contribution < 1.29 is 9.90 Å². The number of carboxylic acid groups (broad SMARTS) is 1. The van der Waals surface area contributed by atoms with E-state index < -0.39 is 11.2 Å². The number of aliphatic carboxylic acids is 1. The molecule has 0 saturated carbocycles. The normalized spacial score (nSPS) is 11.5. The molecule has 0 aliphatic heterocycles. The Kier molecular flexibility index (Phi) is 5.35. The molecule has 0 radical (unpaired) electrons. The van der Waals surface area contributed by atoms with Gasteiger partial charge in [-0.3, -0.25) is 4.79 Å². The molecule has 4 nitrogen and oxygen atoms in total. The van der Waals surface area contributed by atoms with E-state index in [4.69, 9.17) is 0 Å². The summed E-state index contributed by atoms with van der Waals surface area (Å²) in [6.07, 6.45) is 0. The van der Waals surface area contributed by atoms with Crippen LogP contribution in [0.5, 0.6) is 0 Å². The van der Waals surface area contributed by atoms with E-state index in [1.807, 2.05) is 66.7 Å². The van der Waals surface area contributed by atoms with Crippen molar-refractivity contribution in [1.29, 1.82) is 5.26 Å². The Morgan fingerprint density at radius 1 is 1.08 bits per heavy atom. The first-order valence-electron chi connectivity index (χ1n) is 8.05. The molecule has 128 valence electrons. The SMILES string of the molecule is CC(Sc1nc(-c2ccccc2)cc(-c2ccccc2)c1C#N)C(=O)O. The Bertz CT molecular complexity index is 967. The number of hydrogen-bond acceptors (Lipinski definition) is 4. The molecule has 2 aromatic carbocycles. The molecular formula is C21H16N2O2S. The smallest absolute Gasteiger partial charge is 0.316 e. The Morgan fingerprint density at radius 3 is 2.19 bits per heavy atom. The predicted molar refractivity (Wildman–Crippen MR) is 103 cm³/mol. The maximum atomic E-state index is 11.3. The van der Waals surface area contributed by atoms with Gasteiger partial charge >= 0.3 is 5.97 Å². The lowest BCUT2D eigenvalue weighted by molar-refractivity contribution is -0.136. The third-order valence-electron chi connectivity index (χ3n) is 3.89. The Balaban J connectivity index is 2.22. The van der Waals surface area contributed by atoms with Crippen molar-refractivity contribution in [1.82, 2.24) is 4.98 Å². The number of pyridine rings is 1. The van der Waals surface area contributed by atoms with Crippen LogP contribution in [0.3, 0.4) is 0 Å². The third-order valence-corrected chi connectivity index (χ3v) is 4.96. The molecule has 0 aliphatic rings. The lowest BCUT2D eigenvalue weighted by atomic mass is 9.99. The fourth-order valence-corrected chi connectivity index (χ4v) is 3.40. The van der Waals surface area contributed by atoms with Gasteiger partial charge in [-0.05, 0) is 18.6 Å². The highest BCUT2D eigenvalue weighted by Crippen LogP contribution is 2.35. The minimum absolute atomic E-state index is 0.397. The second-order valence-electron chi connectivity index (χ2n) is 5.68. The molecule has 3 rings (SSSR count). The van der Waals surface area contributed by atoms with Gasteiger partial charge in [-0.25, -0.2) is 4.98 Å². The van der Waals surface area contributed by atoms with Crippen molar-refractivity contribution in [3.05, 3.63) is 72.3 Å². The molecule has 0 aliphatic carbocycles. The maximum Gasteiger partial charge on any atom is 0.316 e. The highest BCUT2D eigenvalue weighted by molar-refractivity contribution is 8.00. The Labute approximate surface area is 156 Å². The number of benzene rings is 2. The Hall–Kier alpha value is -3.10. The predicted octanol–water partition coefficient (Wildman–Crippen LogP) is 4.85. The standard InChI is InChI=1S/C21H16N2O2S/c1-14(21(24)25)26-20-18(13-22)17(15-8-4-2-5-9-15)12-19(23-20)16-10-6-3-7-11-16/h2-12,14H,1H3,(H,24,25). The van der Waals surface area contributed by atoms with Gasteiger partial charge in [-0.15, -0.1) is 0 Å². The van der Waals surface area contributed by atoms with Crippen molar-refractivity contribution in [3.8, 4) is 28.5 Å². The minimum atomic E-state index is -0.938. The van der Waals surface area contributed by atoms with Crippen LogP contribution in [0.25, 0.3) is 22.4 Å². The molecular weight excluding hydrogens is 344 g/mol. The van der Waals surface area contributed by atoms with E-state index in [-0.39, 0.29) is 0 Å². The van der Waals surface area contributed by atoms with E-state index in [0.717, 1.165) is 28.5 Å². The van der Waals surface area contributed by atoms with Gasteiger partial charge < -0.3 is 5.11 Å². The molecule has 3 aromatic rings. The molecule has 1 heterocycles. The van der Waals surface area contributed by atoms with Gasteiger partial charge in [-0.2, -0.15) is 5.26 Å². The second-order valence-corrected chi connectivity index (χ2v) is 7.01. The van der Waals surface area contributed by atoms with Crippen LogP contribution in [0.1, 0.15) is 12.5 Å². The number of carbonyl (C=O) groups is 1. The van der Waals surface area contributed by atoms with Crippen molar-refractivity contribution in [2.24, 2.45) is 0 Å². The number of carboxylic acids is 1. The van der Waals surface area contributed by atoms with E-state index in [1.54, 1.807) is 6.92 Å². The van der Waals surface area contributed by atoms with Crippen molar-refractivity contribution in [2.75, 3.05) is 0 Å². The highest BCUT2D eigenvalue weighted by atomic mass is 32.2. The number of thioether (sulfide) groups is 1. The first kappa shape index (κ1) is 17.7. The minimum Gasteiger partial charge on any atom is -0.480 e. The summed E-state index contributed by atoms with van der Waals surface area (Å²) in [7, 11) is 0. The van der Waals surface area contributed by atoms with Crippen LogP contribution in [0.2, 0.25) is 0 Å². The van der Waals surface area contributed by atoms with Gasteiger partial charge in [0, 0.05) is 11.1 Å². The molecule has 1 aromatic heterocycles. The molecule has 0 spiro atoms. The molecule has 1 unspecified atom stereocenters. The van der Waals surface area contributed by atoms with Crippen LogP contribution in [-0.4, -0.2) is 21.3 Å². The van der Waals surface area contributed by atoms with Crippen LogP contribution >= 0.6 is 11.8 Å². The molecule has 26 heavy (non-hydrogen) atoms. The molecule has 0 fully saturated rings. The van der Waals surface area contributed by atoms with Crippen LogP contribution in [0.15, 0.2) is 71.8 Å². The topological polar surface area (TPSA) is 74.0 Å². The fourth-order valence-electron chi connectivity index (χ4n) is 2.54. The number of rotatable bonds is 5. The monoisotopic (exact) mass is 360 g/mol. The van der Waals surface area contributed by atoms with Crippen LogP contribution in [-0.2, 0) is 4.79 Å². The fraction of sp³-hybridized carbons (Fsp3) is 0.0952.